The van der Waals surface area contributed by atoms with Crippen LogP contribution in [0.5, 0.6) is 5.88 Å². The van der Waals surface area contributed by atoms with E-state index in [1.54, 1.807) is 18.3 Å². The van der Waals surface area contributed by atoms with Gasteiger partial charge in [0.05, 0.1) is 7.11 Å². The molecule has 1 aromatic rings. The first-order valence-electron chi connectivity index (χ1n) is 5.71. The van der Waals surface area contributed by atoms with Crippen molar-refractivity contribution in [3.63, 3.8) is 0 Å². The molecule has 0 aromatic carbocycles. The molecule has 0 saturated heterocycles. The van der Waals surface area contributed by atoms with E-state index in [9.17, 15) is 9.59 Å². The van der Waals surface area contributed by atoms with Crippen LogP contribution in [0.15, 0.2) is 18.3 Å². The molecule has 7 heteroatoms. The van der Waals surface area contributed by atoms with Crippen molar-refractivity contribution in [1.82, 2.24) is 15.6 Å². The fraction of sp³-hybridized carbons (Fsp3) is 0.417. The van der Waals surface area contributed by atoms with Crippen LogP contribution in [0.4, 0.5) is 0 Å². The highest BCUT2D eigenvalue weighted by Gasteiger charge is 2.16. The molecule has 1 aromatic heterocycles. The number of methoxy groups -OCH3 is 1. The predicted molar refractivity (Wildman–Crippen MR) is 74.1 cm³/mol. The second kappa shape index (κ2) is 7.63. The quantitative estimate of drug-likeness (QED) is 0.649. The van der Waals surface area contributed by atoms with E-state index in [-0.39, 0.29) is 17.6 Å². The second-order valence-corrected chi connectivity index (χ2v) is 4.23. The third kappa shape index (κ3) is 5.17. The first-order chi connectivity index (χ1) is 9.06. The number of hydrogen-bond donors (Lipinski definition) is 3. The van der Waals surface area contributed by atoms with E-state index in [2.05, 4.69) is 28.2 Å². The van der Waals surface area contributed by atoms with Gasteiger partial charge in [-0.1, -0.05) is 6.07 Å². The molecule has 1 heterocycles. The highest BCUT2D eigenvalue weighted by Crippen LogP contribution is 2.06. The summed E-state index contributed by atoms with van der Waals surface area (Å²) in [5, 5.41) is 5.23. The first-order valence-corrected chi connectivity index (χ1v) is 6.34. The van der Waals surface area contributed by atoms with E-state index in [1.807, 2.05) is 0 Å². The number of nitrogens with zero attached hydrogens (tertiary/aromatic N) is 1. The lowest BCUT2D eigenvalue weighted by molar-refractivity contribution is -0.127. The Hall–Kier alpha value is -1.76. The summed E-state index contributed by atoms with van der Waals surface area (Å²) < 4.78 is 4.94. The van der Waals surface area contributed by atoms with Gasteiger partial charge in [-0.15, -0.1) is 0 Å². The van der Waals surface area contributed by atoms with Crippen LogP contribution < -0.4 is 15.4 Å². The highest BCUT2D eigenvalue weighted by molar-refractivity contribution is 7.80. The number of hydrogen-bond acceptors (Lipinski definition) is 5. The average molecular weight is 283 g/mol. The van der Waals surface area contributed by atoms with Crippen LogP contribution in [-0.4, -0.2) is 35.7 Å². The van der Waals surface area contributed by atoms with Gasteiger partial charge >= 0.3 is 0 Å². The summed E-state index contributed by atoms with van der Waals surface area (Å²) in [5.41, 5.74) is 0.842. The Labute approximate surface area is 117 Å². The minimum atomic E-state index is -0.632. The average Bonchev–Trinajstić information content (AvgIpc) is 2.42. The number of nitrogens with one attached hydrogen (secondary N) is 2. The molecule has 1 rings (SSSR count). The van der Waals surface area contributed by atoms with Crippen LogP contribution in [0.2, 0.25) is 0 Å². The van der Waals surface area contributed by atoms with Gasteiger partial charge in [0, 0.05) is 31.5 Å². The summed E-state index contributed by atoms with van der Waals surface area (Å²) in [6.07, 6.45) is 1.62. The van der Waals surface area contributed by atoms with Gasteiger partial charge in [-0.25, -0.2) is 4.98 Å². The monoisotopic (exact) mass is 283 g/mol. The van der Waals surface area contributed by atoms with Gasteiger partial charge in [0.1, 0.15) is 6.04 Å². The molecule has 0 aliphatic carbocycles. The van der Waals surface area contributed by atoms with Crippen LogP contribution in [0.1, 0.15) is 12.5 Å². The van der Waals surface area contributed by atoms with Crippen molar-refractivity contribution in [2.75, 3.05) is 12.9 Å². The van der Waals surface area contributed by atoms with E-state index >= 15 is 0 Å². The summed E-state index contributed by atoms with van der Waals surface area (Å²) in [4.78, 5) is 26.7. The minimum Gasteiger partial charge on any atom is -0.481 e. The Kier molecular flexibility index (Phi) is 6.14. The number of rotatable bonds is 6. The molecular weight excluding hydrogens is 266 g/mol. The third-order valence-electron chi connectivity index (χ3n) is 2.35. The van der Waals surface area contributed by atoms with Crippen LogP contribution in [0.25, 0.3) is 0 Å². The van der Waals surface area contributed by atoms with E-state index in [4.69, 9.17) is 4.74 Å². The second-order valence-electron chi connectivity index (χ2n) is 3.86. The van der Waals surface area contributed by atoms with E-state index in [0.717, 1.165) is 5.56 Å². The van der Waals surface area contributed by atoms with Gasteiger partial charge in [-0.05, 0) is 5.56 Å². The highest BCUT2D eigenvalue weighted by atomic mass is 32.1. The summed E-state index contributed by atoms with van der Waals surface area (Å²) in [7, 11) is 1.54. The Morgan fingerprint density at radius 2 is 2.21 bits per heavy atom. The van der Waals surface area contributed by atoms with Crippen LogP contribution in [0.3, 0.4) is 0 Å². The van der Waals surface area contributed by atoms with Gasteiger partial charge in [0.15, 0.2) is 0 Å². The normalized spacial score (nSPS) is 11.5. The summed E-state index contributed by atoms with van der Waals surface area (Å²) in [5.74, 6) is 0.217. The van der Waals surface area contributed by atoms with Crippen LogP contribution >= 0.6 is 12.6 Å². The molecule has 0 aliphatic rings. The van der Waals surface area contributed by atoms with Gasteiger partial charge in [-0.2, -0.15) is 12.6 Å². The SMILES string of the molecule is COc1ccc(CNC(=O)C(CS)NC(C)=O)cn1. The van der Waals surface area contributed by atoms with Crippen molar-refractivity contribution in [2.24, 2.45) is 0 Å². The number of carbonyl (C=O) groups is 2. The maximum atomic E-state index is 11.8. The molecule has 0 aliphatic heterocycles. The molecule has 2 amide bonds. The van der Waals surface area contributed by atoms with Crippen molar-refractivity contribution >= 4 is 24.4 Å². The third-order valence-corrected chi connectivity index (χ3v) is 2.72. The number of pyridine rings is 1. The Morgan fingerprint density at radius 1 is 1.47 bits per heavy atom. The standard InChI is InChI=1S/C12H17N3O3S/c1-8(16)15-10(7-19)12(17)14-6-9-3-4-11(18-2)13-5-9/h3-5,10,19H,6-7H2,1-2H3,(H,14,17)(H,15,16). The lowest BCUT2D eigenvalue weighted by Gasteiger charge is -2.15. The topological polar surface area (TPSA) is 80.3 Å². The van der Waals surface area contributed by atoms with Gasteiger partial charge in [0.2, 0.25) is 17.7 Å². The maximum absolute atomic E-state index is 11.8. The van der Waals surface area contributed by atoms with Gasteiger partial charge in [0.25, 0.3) is 0 Å². The van der Waals surface area contributed by atoms with E-state index in [0.29, 0.717) is 12.4 Å². The molecule has 0 spiro atoms. The van der Waals surface area contributed by atoms with Crippen molar-refractivity contribution in [2.45, 2.75) is 19.5 Å². The molecule has 1 unspecified atom stereocenters. The predicted octanol–water partition coefficient (Wildman–Crippen LogP) is 0.141. The largest absolute Gasteiger partial charge is 0.481 e. The number of aromatic nitrogens is 1. The summed E-state index contributed by atoms with van der Waals surface area (Å²) in [6, 6.07) is 2.89. The number of carbonyl (C=O) groups excluding carboxylic acids is 2. The number of thiol groups is 1. The van der Waals surface area contributed by atoms with Gasteiger partial charge in [-0.3, -0.25) is 9.59 Å². The smallest absolute Gasteiger partial charge is 0.243 e. The molecular formula is C12H17N3O3S. The molecule has 0 radical (unpaired) electrons. The Morgan fingerprint density at radius 3 is 2.68 bits per heavy atom. The van der Waals surface area contributed by atoms with Crippen molar-refractivity contribution < 1.29 is 14.3 Å². The molecule has 104 valence electrons. The lowest BCUT2D eigenvalue weighted by Crippen LogP contribution is -2.47. The molecule has 0 fully saturated rings. The molecule has 6 nitrogen and oxygen atoms in total. The molecule has 0 saturated carbocycles. The fourth-order valence-electron chi connectivity index (χ4n) is 1.39. The van der Waals surface area contributed by atoms with Crippen LogP contribution in [0, 0.1) is 0 Å². The lowest BCUT2D eigenvalue weighted by atomic mass is 10.2. The van der Waals surface area contributed by atoms with Crippen molar-refractivity contribution in [3.8, 4) is 5.88 Å². The fourth-order valence-corrected chi connectivity index (χ4v) is 1.65. The van der Waals surface area contributed by atoms with Crippen molar-refractivity contribution in [1.29, 1.82) is 0 Å². The summed E-state index contributed by atoms with van der Waals surface area (Å²) in [6.45, 7) is 1.69. The molecule has 2 N–H and O–H groups in total. The zero-order valence-electron chi connectivity index (χ0n) is 10.8. The molecule has 0 bridgehead atoms. The Bertz CT molecular complexity index is 436. The zero-order chi connectivity index (χ0) is 14.3. The number of ether oxygens (including phenoxy) is 1. The van der Waals surface area contributed by atoms with E-state index in [1.165, 1.54) is 14.0 Å². The van der Waals surface area contributed by atoms with Crippen molar-refractivity contribution in [3.05, 3.63) is 23.9 Å². The van der Waals surface area contributed by atoms with Gasteiger partial charge < -0.3 is 15.4 Å². The van der Waals surface area contributed by atoms with Crippen LogP contribution in [-0.2, 0) is 16.1 Å². The van der Waals surface area contributed by atoms with E-state index < -0.39 is 6.04 Å². The first kappa shape index (κ1) is 15.3. The number of amides is 2. The molecule has 19 heavy (non-hydrogen) atoms. The zero-order valence-corrected chi connectivity index (χ0v) is 11.7. The molecule has 1 atom stereocenters. The maximum Gasteiger partial charge on any atom is 0.243 e. The Balaban J connectivity index is 2.49. The summed E-state index contributed by atoms with van der Waals surface area (Å²) >= 11 is 4.03. The minimum absolute atomic E-state index is 0.242.